The minimum absolute atomic E-state index is 0.240. The van der Waals surface area contributed by atoms with E-state index in [2.05, 4.69) is 24.4 Å². The van der Waals surface area contributed by atoms with Gasteiger partial charge in [0, 0.05) is 12.6 Å². The van der Waals surface area contributed by atoms with Crippen molar-refractivity contribution in [3.63, 3.8) is 0 Å². The normalized spacial score (nSPS) is 14.1. The highest BCUT2D eigenvalue weighted by Gasteiger charge is 2.09. The second kappa shape index (κ2) is 6.34. The molecule has 2 heteroatoms. The molecule has 0 fully saturated rings. The Morgan fingerprint density at radius 3 is 1.94 bits per heavy atom. The van der Waals surface area contributed by atoms with E-state index >= 15 is 0 Å². The van der Waals surface area contributed by atoms with E-state index in [9.17, 15) is 5.11 Å². The Kier molecular flexibility index (Phi) is 4.51. The molecule has 2 N–H and O–H groups in total. The van der Waals surface area contributed by atoms with Gasteiger partial charge in [0.05, 0.1) is 6.10 Å². The summed E-state index contributed by atoms with van der Waals surface area (Å²) in [6.07, 6.45) is -0.461. The van der Waals surface area contributed by atoms with Crippen molar-refractivity contribution in [1.29, 1.82) is 0 Å². The molecule has 0 aliphatic carbocycles. The Morgan fingerprint density at radius 2 is 1.39 bits per heavy atom. The molecule has 0 radical (unpaired) electrons. The zero-order valence-electron chi connectivity index (χ0n) is 10.6. The van der Waals surface area contributed by atoms with Crippen molar-refractivity contribution in [3.8, 4) is 0 Å². The zero-order valence-corrected chi connectivity index (χ0v) is 10.6. The van der Waals surface area contributed by atoms with Crippen molar-refractivity contribution in [2.45, 2.75) is 19.1 Å². The zero-order chi connectivity index (χ0) is 12.8. The Bertz CT molecular complexity index is 410. The molecule has 0 heterocycles. The first-order chi connectivity index (χ1) is 8.77. The standard InChI is InChI=1S/C16H19NO/c1-13(14-8-4-2-5-9-14)17-12-16(18)15-10-6-3-7-11-15/h2-11,13,16-18H,12H2,1H3/t13-,16-/m1/s1. The fourth-order valence-corrected chi connectivity index (χ4v) is 1.94. The quantitative estimate of drug-likeness (QED) is 0.843. The lowest BCUT2D eigenvalue weighted by Gasteiger charge is -2.17. The summed E-state index contributed by atoms with van der Waals surface area (Å²) in [7, 11) is 0. The van der Waals surface area contributed by atoms with Gasteiger partial charge in [-0.25, -0.2) is 0 Å². The van der Waals surface area contributed by atoms with Crippen molar-refractivity contribution in [3.05, 3.63) is 71.8 Å². The van der Waals surface area contributed by atoms with Crippen LogP contribution in [0, 0.1) is 0 Å². The van der Waals surface area contributed by atoms with E-state index in [1.807, 2.05) is 48.5 Å². The second-order valence-corrected chi connectivity index (χ2v) is 4.47. The molecule has 2 aromatic carbocycles. The molecule has 94 valence electrons. The molecule has 2 nitrogen and oxygen atoms in total. The van der Waals surface area contributed by atoms with Gasteiger partial charge in [0.1, 0.15) is 0 Å². The van der Waals surface area contributed by atoms with Crippen LogP contribution >= 0.6 is 0 Å². The Labute approximate surface area is 108 Å². The van der Waals surface area contributed by atoms with Crippen LogP contribution in [0.4, 0.5) is 0 Å². The van der Waals surface area contributed by atoms with E-state index in [0.29, 0.717) is 6.54 Å². The fourth-order valence-electron chi connectivity index (χ4n) is 1.94. The maximum atomic E-state index is 10.1. The lowest BCUT2D eigenvalue weighted by atomic mass is 10.1. The highest BCUT2D eigenvalue weighted by atomic mass is 16.3. The van der Waals surface area contributed by atoms with Crippen LogP contribution in [0.3, 0.4) is 0 Å². The highest BCUT2D eigenvalue weighted by molar-refractivity contribution is 5.19. The van der Waals surface area contributed by atoms with Gasteiger partial charge in [0.25, 0.3) is 0 Å². The molecule has 0 saturated heterocycles. The van der Waals surface area contributed by atoms with Crippen LogP contribution in [0.5, 0.6) is 0 Å². The molecule has 0 aliphatic rings. The van der Waals surface area contributed by atoms with E-state index in [-0.39, 0.29) is 6.04 Å². The molecule has 0 spiro atoms. The highest BCUT2D eigenvalue weighted by Crippen LogP contribution is 2.15. The third-order valence-electron chi connectivity index (χ3n) is 3.10. The summed E-state index contributed by atoms with van der Waals surface area (Å²) < 4.78 is 0. The number of aliphatic hydroxyl groups is 1. The molecule has 0 unspecified atom stereocenters. The van der Waals surface area contributed by atoms with Gasteiger partial charge in [-0.15, -0.1) is 0 Å². The monoisotopic (exact) mass is 241 g/mol. The molecule has 0 aliphatic heterocycles. The molecule has 2 atom stereocenters. The van der Waals surface area contributed by atoms with E-state index in [1.165, 1.54) is 5.56 Å². The maximum absolute atomic E-state index is 10.1. The van der Waals surface area contributed by atoms with Gasteiger partial charge in [-0.1, -0.05) is 60.7 Å². The average Bonchev–Trinajstić information content (AvgIpc) is 2.46. The Hall–Kier alpha value is -1.64. The molecule has 0 aromatic heterocycles. The van der Waals surface area contributed by atoms with Crippen molar-refractivity contribution in [1.82, 2.24) is 5.32 Å². The van der Waals surface area contributed by atoms with Gasteiger partial charge in [-0.2, -0.15) is 0 Å². The smallest absolute Gasteiger partial charge is 0.0914 e. The van der Waals surface area contributed by atoms with Crippen LogP contribution < -0.4 is 5.32 Å². The van der Waals surface area contributed by atoms with Crippen LogP contribution in [0.2, 0.25) is 0 Å². The number of hydrogen-bond acceptors (Lipinski definition) is 2. The number of hydrogen-bond donors (Lipinski definition) is 2. The predicted octanol–water partition coefficient (Wildman–Crippen LogP) is 3.07. The lowest BCUT2D eigenvalue weighted by molar-refractivity contribution is 0.171. The van der Waals surface area contributed by atoms with Crippen LogP contribution in [-0.2, 0) is 0 Å². The van der Waals surface area contributed by atoms with Crippen LogP contribution in [0.25, 0.3) is 0 Å². The molecule has 2 aromatic rings. The number of aliphatic hydroxyl groups excluding tert-OH is 1. The largest absolute Gasteiger partial charge is 0.387 e. The SMILES string of the molecule is C[C@@H](NC[C@@H](O)c1ccccc1)c1ccccc1. The first kappa shape index (κ1) is 12.8. The second-order valence-electron chi connectivity index (χ2n) is 4.47. The molecule has 2 rings (SSSR count). The molecule has 0 bridgehead atoms. The van der Waals surface area contributed by atoms with Crippen molar-refractivity contribution in [2.75, 3.05) is 6.54 Å². The molecular formula is C16H19NO. The van der Waals surface area contributed by atoms with E-state index in [4.69, 9.17) is 0 Å². The summed E-state index contributed by atoms with van der Waals surface area (Å²) in [6.45, 7) is 2.66. The number of rotatable bonds is 5. The minimum atomic E-state index is -0.461. The summed E-state index contributed by atoms with van der Waals surface area (Å²) in [5.41, 5.74) is 2.18. The van der Waals surface area contributed by atoms with Crippen molar-refractivity contribution >= 4 is 0 Å². The van der Waals surface area contributed by atoms with Gasteiger partial charge >= 0.3 is 0 Å². The van der Waals surface area contributed by atoms with E-state index in [0.717, 1.165) is 5.56 Å². The van der Waals surface area contributed by atoms with Crippen molar-refractivity contribution < 1.29 is 5.11 Å². The summed E-state index contributed by atoms with van der Waals surface area (Å²) >= 11 is 0. The summed E-state index contributed by atoms with van der Waals surface area (Å²) in [5, 5.41) is 13.4. The van der Waals surface area contributed by atoms with Gasteiger partial charge in [-0.05, 0) is 18.1 Å². The minimum Gasteiger partial charge on any atom is -0.387 e. The van der Waals surface area contributed by atoms with Crippen LogP contribution in [0.1, 0.15) is 30.2 Å². The summed E-state index contributed by atoms with van der Waals surface area (Å²) in [6, 6.07) is 20.2. The fraction of sp³-hybridized carbons (Fsp3) is 0.250. The summed E-state index contributed by atoms with van der Waals surface area (Å²) in [5.74, 6) is 0. The van der Waals surface area contributed by atoms with E-state index in [1.54, 1.807) is 0 Å². The first-order valence-electron chi connectivity index (χ1n) is 6.28. The third kappa shape index (κ3) is 3.42. The summed E-state index contributed by atoms with van der Waals surface area (Å²) in [4.78, 5) is 0. The average molecular weight is 241 g/mol. The first-order valence-corrected chi connectivity index (χ1v) is 6.28. The Morgan fingerprint density at radius 1 is 0.889 bits per heavy atom. The number of nitrogens with one attached hydrogen (secondary N) is 1. The molecule has 18 heavy (non-hydrogen) atoms. The van der Waals surface area contributed by atoms with Gasteiger partial charge in [0.2, 0.25) is 0 Å². The van der Waals surface area contributed by atoms with E-state index < -0.39 is 6.10 Å². The van der Waals surface area contributed by atoms with Crippen LogP contribution in [0.15, 0.2) is 60.7 Å². The van der Waals surface area contributed by atoms with Gasteiger partial charge in [-0.3, -0.25) is 0 Å². The predicted molar refractivity (Wildman–Crippen MR) is 74.3 cm³/mol. The third-order valence-corrected chi connectivity index (χ3v) is 3.10. The molecule has 0 amide bonds. The lowest BCUT2D eigenvalue weighted by Crippen LogP contribution is -2.24. The topological polar surface area (TPSA) is 32.3 Å². The maximum Gasteiger partial charge on any atom is 0.0914 e. The van der Waals surface area contributed by atoms with Crippen molar-refractivity contribution in [2.24, 2.45) is 0 Å². The van der Waals surface area contributed by atoms with Crippen LogP contribution in [-0.4, -0.2) is 11.7 Å². The molecule has 0 saturated carbocycles. The molecular weight excluding hydrogens is 222 g/mol. The Balaban J connectivity index is 1.89. The number of benzene rings is 2. The van der Waals surface area contributed by atoms with Gasteiger partial charge < -0.3 is 10.4 Å². The van der Waals surface area contributed by atoms with Gasteiger partial charge in [0.15, 0.2) is 0 Å².